The van der Waals surface area contributed by atoms with E-state index < -0.39 is 0 Å². The fraction of sp³-hybridized carbons (Fsp3) is 0. The Morgan fingerprint density at radius 2 is 1.21 bits per heavy atom. The molecular weight excluding hydrogens is 576 g/mol. The highest BCUT2D eigenvalue weighted by molar-refractivity contribution is 6.22. The van der Waals surface area contributed by atoms with Crippen LogP contribution in [0.25, 0.3) is 92.5 Å². The predicted molar refractivity (Wildman–Crippen MR) is 191 cm³/mol. The van der Waals surface area contributed by atoms with Crippen LogP contribution in [0.3, 0.4) is 0 Å². The zero-order chi connectivity index (χ0) is 31.2. The molecule has 5 heteroatoms. The van der Waals surface area contributed by atoms with E-state index >= 15 is 0 Å². The molecule has 10 rings (SSSR count). The van der Waals surface area contributed by atoms with E-state index in [1.165, 1.54) is 0 Å². The van der Waals surface area contributed by atoms with Crippen molar-refractivity contribution in [1.29, 1.82) is 5.26 Å². The molecule has 0 fully saturated rings. The summed E-state index contributed by atoms with van der Waals surface area (Å²) >= 11 is 0. The average molecular weight is 599 g/mol. The first-order valence-electron chi connectivity index (χ1n) is 15.5. The minimum atomic E-state index is 0.468. The summed E-state index contributed by atoms with van der Waals surface area (Å²) < 4.78 is 10.5. The van der Waals surface area contributed by atoms with Gasteiger partial charge in [0.05, 0.1) is 45.6 Å². The molecular formula is C42H22N4O. The highest BCUT2D eigenvalue weighted by Crippen LogP contribution is 2.43. The lowest BCUT2D eigenvalue weighted by Crippen LogP contribution is -2.01. The van der Waals surface area contributed by atoms with Gasteiger partial charge < -0.3 is 13.6 Å². The van der Waals surface area contributed by atoms with Crippen LogP contribution in [-0.2, 0) is 0 Å². The number of para-hydroxylation sites is 3. The first kappa shape index (κ1) is 25.5. The van der Waals surface area contributed by atoms with Gasteiger partial charge in [0.2, 0.25) is 5.69 Å². The number of nitriles is 1. The fourth-order valence-corrected chi connectivity index (χ4v) is 7.55. The summed E-state index contributed by atoms with van der Waals surface area (Å²) in [6.07, 6.45) is 0. The molecule has 3 aromatic heterocycles. The second-order valence-corrected chi connectivity index (χ2v) is 11.9. The van der Waals surface area contributed by atoms with Gasteiger partial charge in [0.15, 0.2) is 0 Å². The van der Waals surface area contributed by atoms with Crippen molar-refractivity contribution in [2.45, 2.75) is 0 Å². The number of fused-ring (bicyclic) bond motifs is 11. The maximum atomic E-state index is 10.7. The summed E-state index contributed by atoms with van der Waals surface area (Å²) in [4.78, 5) is 4.08. The van der Waals surface area contributed by atoms with Crippen molar-refractivity contribution in [2.24, 2.45) is 0 Å². The van der Waals surface area contributed by atoms with Gasteiger partial charge in [-0.05, 0) is 59.3 Å². The third-order valence-corrected chi connectivity index (χ3v) is 9.55. The normalized spacial score (nSPS) is 11.8. The standard InChI is InChI=1S/C42H22N4O/c1-44-33-23-37(46-34-15-7-4-12-28(34)31-22-41-32(21-38(31)46)29-13-6-9-17-40(29)47-41)26(24-43)20-39(33)45-35-16-8-5-14-30(35)42-27-11-3-2-10-25(27)18-19-36(42)45/h2-23H. The first-order valence-corrected chi connectivity index (χ1v) is 15.5. The molecule has 10 aromatic rings. The maximum Gasteiger partial charge on any atom is 0.212 e. The van der Waals surface area contributed by atoms with Gasteiger partial charge in [-0.25, -0.2) is 4.85 Å². The van der Waals surface area contributed by atoms with Crippen LogP contribution in [0.2, 0.25) is 0 Å². The van der Waals surface area contributed by atoms with Gasteiger partial charge in [-0.3, -0.25) is 0 Å². The fourth-order valence-electron chi connectivity index (χ4n) is 7.55. The van der Waals surface area contributed by atoms with Gasteiger partial charge >= 0.3 is 0 Å². The topological polar surface area (TPSA) is 51.1 Å². The minimum absolute atomic E-state index is 0.468. The van der Waals surface area contributed by atoms with Crippen LogP contribution in [0.4, 0.5) is 5.69 Å². The van der Waals surface area contributed by atoms with Crippen LogP contribution in [0, 0.1) is 17.9 Å². The van der Waals surface area contributed by atoms with Crippen LogP contribution in [0.5, 0.6) is 0 Å². The summed E-state index contributed by atoms with van der Waals surface area (Å²) in [6.45, 7) is 8.39. The Hall–Kier alpha value is -6.82. The zero-order valence-electron chi connectivity index (χ0n) is 24.9. The second-order valence-electron chi connectivity index (χ2n) is 11.9. The van der Waals surface area contributed by atoms with E-state index in [2.05, 4.69) is 105 Å². The zero-order valence-corrected chi connectivity index (χ0v) is 24.9. The summed E-state index contributed by atoms with van der Waals surface area (Å²) in [6, 6.07) is 47.7. The van der Waals surface area contributed by atoms with E-state index in [4.69, 9.17) is 11.0 Å². The molecule has 0 saturated heterocycles. The van der Waals surface area contributed by atoms with Crippen molar-refractivity contribution in [3.63, 3.8) is 0 Å². The maximum absolute atomic E-state index is 10.7. The highest BCUT2D eigenvalue weighted by Gasteiger charge is 2.22. The van der Waals surface area contributed by atoms with Crippen molar-refractivity contribution in [3.05, 3.63) is 150 Å². The molecule has 0 saturated carbocycles. The molecule has 5 nitrogen and oxygen atoms in total. The average Bonchev–Trinajstić information content (AvgIpc) is 3.77. The minimum Gasteiger partial charge on any atom is -0.456 e. The first-order chi connectivity index (χ1) is 23.2. The quantitative estimate of drug-likeness (QED) is 0.186. The van der Waals surface area contributed by atoms with Gasteiger partial charge in [0.25, 0.3) is 0 Å². The Bertz CT molecular complexity index is 3050. The Morgan fingerprint density at radius 3 is 2.02 bits per heavy atom. The molecule has 7 aromatic carbocycles. The number of hydrogen-bond acceptors (Lipinski definition) is 2. The van der Waals surface area contributed by atoms with Crippen LogP contribution in [0.1, 0.15) is 5.56 Å². The molecule has 47 heavy (non-hydrogen) atoms. The number of aromatic nitrogens is 2. The van der Waals surface area contributed by atoms with Crippen molar-refractivity contribution >= 4 is 82.0 Å². The molecule has 0 unspecified atom stereocenters. The Balaban J connectivity index is 1.31. The Kier molecular flexibility index (Phi) is 5.07. The van der Waals surface area contributed by atoms with Crippen molar-refractivity contribution in [1.82, 2.24) is 9.13 Å². The molecule has 3 heterocycles. The number of hydrogen-bond donors (Lipinski definition) is 0. The number of nitrogens with zero attached hydrogens (tertiary/aromatic N) is 4. The predicted octanol–water partition coefficient (Wildman–Crippen LogP) is 11.4. The molecule has 216 valence electrons. The number of furan rings is 1. The second kappa shape index (κ2) is 9.34. The third-order valence-electron chi connectivity index (χ3n) is 9.55. The largest absolute Gasteiger partial charge is 0.456 e. The van der Waals surface area contributed by atoms with Crippen molar-refractivity contribution in [3.8, 4) is 17.4 Å². The lowest BCUT2D eigenvalue weighted by molar-refractivity contribution is 0.669. The van der Waals surface area contributed by atoms with Crippen LogP contribution < -0.4 is 0 Å². The Labute approximate surface area is 268 Å². The van der Waals surface area contributed by atoms with Crippen molar-refractivity contribution < 1.29 is 4.42 Å². The highest BCUT2D eigenvalue weighted by atomic mass is 16.3. The van der Waals surface area contributed by atoms with Gasteiger partial charge in [0.1, 0.15) is 17.2 Å². The van der Waals surface area contributed by atoms with E-state index in [1.54, 1.807) is 0 Å². The molecule has 0 spiro atoms. The summed E-state index contributed by atoms with van der Waals surface area (Å²) in [5, 5.41) is 19.4. The van der Waals surface area contributed by atoms with E-state index in [0.29, 0.717) is 22.6 Å². The van der Waals surface area contributed by atoms with Crippen LogP contribution in [0.15, 0.2) is 138 Å². The van der Waals surface area contributed by atoms with Gasteiger partial charge in [0, 0.05) is 32.3 Å². The third kappa shape index (κ3) is 3.40. The number of rotatable bonds is 2. The van der Waals surface area contributed by atoms with Gasteiger partial charge in [-0.2, -0.15) is 5.26 Å². The SMILES string of the molecule is [C-]#[N+]c1cc(-n2c3ccccc3c3cc4oc5ccccc5c4cc32)c(C#N)cc1-n1c2ccccc2c2c3ccccc3ccc21. The molecule has 0 aliphatic carbocycles. The van der Waals surface area contributed by atoms with Crippen LogP contribution in [-0.4, -0.2) is 9.13 Å². The summed E-state index contributed by atoms with van der Waals surface area (Å²) in [5.74, 6) is 0. The summed E-state index contributed by atoms with van der Waals surface area (Å²) in [5.41, 5.74) is 7.87. The van der Waals surface area contributed by atoms with Crippen LogP contribution >= 0.6 is 0 Å². The molecule has 0 amide bonds. The molecule has 0 atom stereocenters. The summed E-state index contributed by atoms with van der Waals surface area (Å²) in [7, 11) is 0. The number of benzene rings is 7. The molecule has 0 bridgehead atoms. The van der Waals surface area contributed by atoms with E-state index in [1.807, 2.05) is 48.5 Å². The van der Waals surface area contributed by atoms with Gasteiger partial charge in [-0.1, -0.05) is 84.9 Å². The molecule has 0 radical (unpaired) electrons. The molecule has 0 aliphatic rings. The Morgan fingerprint density at radius 1 is 0.532 bits per heavy atom. The van der Waals surface area contributed by atoms with E-state index in [9.17, 15) is 5.26 Å². The van der Waals surface area contributed by atoms with Gasteiger partial charge in [-0.15, -0.1) is 0 Å². The lowest BCUT2D eigenvalue weighted by Gasteiger charge is -2.16. The smallest absolute Gasteiger partial charge is 0.212 e. The lowest BCUT2D eigenvalue weighted by atomic mass is 10.0. The van der Waals surface area contributed by atoms with E-state index in [-0.39, 0.29) is 0 Å². The monoisotopic (exact) mass is 598 g/mol. The van der Waals surface area contributed by atoms with E-state index in [0.717, 1.165) is 76.3 Å². The van der Waals surface area contributed by atoms with Crippen molar-refractivity contribution in [2.75, 3.05) is 0 Å². The molecule has 0 N–H and O–H groups in total. The molecule has 0 aliphatic heterocycles.